The zero-order valence-electron chi connectivity index (χ0n) is 24.1. The fourth-order valence-corrected chi connectivity index (χ4v) is 6.96. The molecule has 0 amide bonds. The van der Waals surface area contributed by atoms with Gasteiger partial charge >= 0.3 is 0 Å². The molecule has 0 aliphatic carbocycles. The molecule has 0 saturated carbocycles. The monoisotopic (exact) mass is 660 g/mol. The van der Waals surface area contributed by atoms with Gasteiger partial charge in [0.05, 0.1) is 28.8 Å². The van der Waals surface area contributed by atoms with Crippen molar-refractivity contribution in [1.82, 2.24) is 0 Å². The van der Waals surface area contributed by atoms with Crippen LogP contribution < -0.4 is 0 Å². The molecule has 2 nitrogen and oxygen atoms in total. The quantitative estimate of drug-likeness (QED) is 0.0710. The molecule has 0 aromatic carbocycles. The second kappa shape index (κ2) is 19.9. The maximum absolute atomic E-state index is 10.5. The molecular weight excluding hydrogens is 609 g/mol. The lowest BCUT2D eigenvalue weighted by molar-refractivity contribution is 0.156. The van der Waals surface area contributed by atoms with Gasteiger partial charge in [-0.3, -0.25) is 0 Å². The van der Waals surface area contributed by atoms with Crippen molar-refractivity contribution >= 4 is 77.9 Å². The summed E-state index contributed by atoms with van der Waals surface area (Å²) in [5, 5.41) is 9.27. The van der Waals surface area contributed by atoms with Crippen molar-refractivity contribution in [2.45, 2.75) is 168 Å². The second-order valence-corrected chi connectivity index (χ2v) is 20.9. The molecule has 0 radical (unpaired) electrons. The molecule has 0 unspecified atom stereocenters. The summed E-state index contributed by atoms with van der Waals surface area (Å²) >= 11 is 38.8. The van der Waals surface area contributed by atoms with Crippen LogP contribution in [0.2, 0.25) is 18.1 Å². The third-order valence-electron chi connectivity index (χ3n) is 7.62. The second-order valence-electron chi connectivity index (χ2n) is 12.2. The van der Waals surface area contributed by atoms with Gasteiger partial charge in [-0.05, 0) is 43.8 Å². The number of halogens is 6. The number of unbranched alkanes of at least 4 members (excludes halogenated alkanes) is 8. The van der Waals surface area contributed by atoms with E-state index in [0.29, 0.717) is 13.0 Å². The van der Waals surface area contributed by atoms with Crippen LogP contribution in [0.4, 0.5) is 0 Å². The molecule has 224 valence electrons. The van der Waals surface area contributed by atoms with E-state index in [1.807, 2.05) is 0 Å². The Kier molecular flexibility index (Phi) is 20.9. The number of aliphatic hydroxyl groups excluding tert-OH is 1. The lowest BCUT2D eigenvalue weighted by Gasteiger charge is -2.37. The van der Waals surface area contributed by atoms with Crippen molar-refractivity contribution in [3.8, 4) is 0 Å². The summed E-state index contributed by atoms with van der Waals surface area (Å²) in [6.07, 6.45) is 13.2. The molecule has 0 aromatic rings. The summed E-state index contributed by atoms with van der Waals surface area (Å²) in [6, 6.07) is 0. The Labute approximate surface area is 260 Å². The molecule has 0 aliphatic heterocycles. The summed E-state index contributed by atoms with van der Waals surface area (Å²) in [4.78, 5) is 0. The van der Waals surface area contributed by atoms with Gasteiger partial charge in [-0.2, -0.15) is 0 Å². The van der Waals surface area contributed by atoms with E-state index in [-0.39, 0.29) is 15.8 Å². The largest absolute Gasteiger partial charge is 0.414 e. The van der Waals surface area contributed by atoms with E-state index >= 15 is 0 Å². The van der Waals surface area contributed by atoms with E-state index in [1.165, 1.54) is 12.8 Å². The van der Waals surface area contributed by atoms with Crippen molar-refractivity contribution in [3.63, 3.8) is 0 Å². The van der Waals surface area contributed by atoms with E-state index in [4.69, 9.17) is 74.0 Å². The highest BCUT2D eigenvalue weighted by atomic mass is 35.5. The highest BCUT2D eigenvalue weighted by molar-refractivity contribution is 6.74. The van der Waals surface area contributed by atoms with Crippen LogP contribution in [-0.4, -0.2) is 52.0 Å². The lowest BCUT2D eigenvalue weighted by Crippen LogP contribution is -2.43. The average Bonchev–Trinajstić information content (AvgIpc) is 2.80. The zero-order valence-corrected chi connectivity index (χ0v) is 29.7. The van der Waals surface area contributed by atoms with E-state index in [9.17, 15) is 5.11 Å². The van der Waals surface area contributed by atoms with Gasteiger partial charge in [0.25, 0.3) is 0 Å². The van der Waals surface area contributed by atoms with E-state index < -0.39 is 29.5 Å². The highest BCUT2D eigenvalue weighted by Crippen LogP contribution is 2.39. The van der Waals surface area contributed by atoms with Gasteiger partial charge in [-0.1, -0.05) is 115 Å². The fraction of sp³-hybridized carbons (Fsp3) is 1.00. The van der Waals surface area contributed by atoms with Crippen LogP contribution in [0.15, 0.2) is 0 Å². The molecule has 0 bridgehead atoms. The molecule has 0 aliphatic rings. The van der Waals surface area contributed by atoms with E-state index in [1.54, 1.807) is 0 Å². The fourth-order valence-electron chi connectivity index (χ4n) is 3.87. The molecule has 0 fully saturated rings. The van der Waals surface area contributed by atoms with Crippen LogP contribution >= 0.6 is 69.6 Å². The van der Waals surface area contributed by atoms with Crippen molar-refractivity contribution < 1.29 is 9.53 Å². The number of hydrogen-bond acceptors (Lipinski definition) is 2. The van der Waals surface area contributed by atoms with Crippen molar-refractivity contribution in [1.29, 1.82) is 0 Å². The third-order valence-corrected chi connectivity index (χ3v) is 14.7. The Morgan fingerprint density at radius 2 is 1.27 bits per heavy atom. The minimum atomic E-state index is -1.84. The predicted molar refractivity (Wildman–Crippen MR) is 172 cm³/mol. The predicted octanol–water partition coefficient (Wildman–Crippen LogP) is 11.5. The van der Waals surface area contributed by atoms with Gasteiger partial charge in [0, 0.05) is 5.38 Å². The van der Waals surface area contributed by atoms with Crippen LogP contribution in [0.25, 0.3) is 0 Å². The van der Waals surface area contributed by atoms with Gasteiger partial charge < -0.3 is 9.53 Å². The highest BCUT2D eigenvalue weighted by Gasteiger charge is 2.39. The first-order valence-corrected chi connectivity index (χ1v) is 19.7. The molecular formula is C28H54Cl6O2Si. The molecule has 0 spiro atoms. The molecule has 37 heavy (non-hydrogen) atoms. The van der Waals surface area contributed by atoms with Crippen LogP contribution in [-0.2, 0) is 4.43 Å². The van der Waals surface area contributed by atoms with Gasteiger partial charge in [-0.25, -0.2) is 0 Å². The summed E-state index contributed by atoms with van der Waals surface area (Å²) in [5.74, 6) is 0. The standard InChI is InChI=1S/C28H54Cl6O2Si/c1-7-8-9-15-18-23(30)25(32)26(35)24(31)20-22(29)17-14-12-10-11-13-16-19-28(33,34)21-36-37(5,6)27(2,3)4/h22-26,35H,7-21H2,1-6H3/t22-,23-,24-,25-,26+/m1/s1. The van der Waals surface area contributed by atoms with Crippen molar-refractivity contribution in [3.05, 3.63) is 0 Å². The molecule has 1 N–H and O–H groups in total. The molecule has 0 saturated heterocycles. The first-order chi connectivity index (χ1) is 17.0. The lowest BCUT2D eigenvalue weighted by atomic mass is 10.00. The van der Waals surface area contributed by atoms with Crippen LogP contribution in [0.3, 0.4) is 0 Å². The Morgan fingerprint density at radius 1 is 0.757 bits per heavy atom. The Bertz CT molecular complexity index is 573. The summed E-state index contributed by atoms with van der Waals surface area (Å²) in [6.45, 7) is 13.7. The minimum Gasteiger partial charge on any atom is -0.414 e. The van der Waals surface area contributed by atoms with Crippen LogP contribution in [0.1, 0.15) is 118 Å². The zero-order chi connectivity index (χ0) is 28.7. The van der Waals surface area contributed by atoms with Gasteiger partial charge in [0.15, 0.2) is 8.32 Å². The molecule has 0 heterocycles. The molecule has 0 aromatic heterocycles. The number of hydrogen-bond donors (Lipinski definition) is 1. The first kappa shape index (κ1) is 38.9. The van der Waals surface area contributed by atoms with E-state index in [0.717, 1.165) is 70.6 Å². The Balaban J connectivity index is 4.00. The van der Waals surface area contributed by atoms with Crippen LogP contribution in [0.5, 0.6) is 0 Å². The van der Waals surface area contributed by atoms with Gasteiger partial charge in [0.2, 0.25) is 0 Å². The molecule has 0 rings (SSSR count). The third kappa shape index (κ3) is 18.1. The normalized spacial score (nSPS) is 17.4. The molecule has 5 atom stereocenters. The SMILES string of the molecule is CCCCCC[C@@H](Cl)[C@@H](Cl)[C@@H](O)[C@H](Cl)C[C@H](Cl)CCCCCCCCC(Cl)(Cl)CO[Si](C)(C)C(C)(C)C. The average molecular weight is 664 g/mol. The van der Waals surface area contributed by atoms with Crippen molar-refractivity contribution in [2.75, 3.05) is 6.61 Å². The van der Waals surface area contributed by atoms with E-state index in [2.05, 4.69) is 40.8 Å². The molecule has 9 heteroatoms. The maximum atomic E-state index is 10.5. The van der Waals surface area contributed by atoms with Crippen molar-refractivity contribution in [2.24, 2.45) is 0 Å². The first-order valence-electron chi connectivity index (χ1n) is 14.3. The number of alkyl halides is 6. The summed E-state index contributed by atoms with van der Waals surface area (Å²) < 4.78 is 5.39. The number of rotatable bonds is 22. The Morgan fingerprint density at radius 3 is 1.84 bits per heavy atom. The van der Waals surface area contributed by atoms with Crippen LogP contribution in [0, 0.1) is 0 Å². The number of aliphatic hydroxyl groups is 1. The summed E-state index contributed by atoms with van der Waals surface area (Å²) in [5.41, 5.74) is 0. The van der Waals surface area contributed by atoms with Gasteiger partial charge in [0.1, 0.15) is 4.33 Å². The topological polar surface area (TPSA) is 29.5 Å². The van der Waals surface area contributed by atoms with Gasteiger partial charge in [-0.15, -0.1) is 46.4 Å². The maximum Gasteiger partial charge on any atom is 0.192 e. The Hall–Kier alpha value is 1.88. The summed E-state index contributed by atoms with van der Waals surface area (Å²) in [7, 11) is -1.84. The minimum absolute atomic E-state index is 0.0756. The smallest absolute Gasteiger partial charge is 0.192 e.